The minimum Gasteiger partial charge on any atom is -0.494 e. The number of aromatic nitrogens is 1. The first kappa shape index (κ1) is 54.9. The number of hydrazone groups is 1. The lowest BCUT2D eigenvalue weighted by Crippen LogP contribution is -2.59. The number of amides is 6. The molecule has 6 amide bonds. The maximum absolute atomic E-state index is 14.0. The van der Waals surface area contributed by atoms with Gasteiger partial charge in [0.25, 0.3) is 16.0 Å². The predicted octanol–water partition coefficient (Wildman–Crippen LogP) is -0.190. The first-order valence-electron chi connectivity index (χ1n) is 22.4. The summed E-state index contributed by atoms with van der Waals surface area (Å²) >= 11 is 0. The molecule has 24 nitrogen and oxygen atoms in total. The van der Waals surface area contributed by atoms with Gasteiger partial charge < -0.3 is 52.8 Å². The highest BCUT2D eigenvalue weighted by Crippen LogP contribution is 2.16. The smallest absolute Gasteiger partial charge is 0.305 e. The van der Waals surface area contributed by atoms with Crippen molar-refractivity contribution in [1.82, 2.24) is 42.2 Å². The number of nitrogens with one attached hydrogen (secondary N) is 8. The molecule has 0 spiro atoms. The Kier molecular flexibility index (Phi) is 21.5. The van der Waals surface area contributed by atoms with E-state index in [1.807, 2.05) is 6.92 Å². The van der Waals surface area contributed by atoms with Crippen LogP contribution < -0.4 is 53.1 Å². The van der Waals surface area contributed by atoms with E-state index in [1.165, 1.54) is 42.7 Å². The number of carboxylic acid groups (broad SMARTS) is 1. The first-order valence-corrected chi connectivity index (χ1v) is 23.8. The summed E-state index contributed by atoms with van der Waals surface area (Å²) in [4.78, 5) is 100. The molecular formula is C45H60N12O12S. The summed E-state index contributed by atoms with van der Waals surface area (Å²) in [5.74, 6) is -5.46. The summed E-state index contributed by atoms with van der Waals surface area (Å²) < 4.78 is 38.4. The van der Waals surface area contributed by atoms with Crippen molar-refractivity contribution in [3.8, 4) is 5.75 Å². The zero-order valence-electron chi connectivity index (χ0n) is 38.9. The highest BCUT2D eigenvalue weighted by molar-refractivity contribution is 7.86. The molecule has 2 heterocycles. The number of nitrogens with two attached hydrogens (primary N) is 1. The summed E-state index contributed by atoms with van der Waals surface area (Å²) in [5.41, 5.74) is 9.44. The Hall–Kier alpha value is -7.67. The molecule has 4 rings (SSSR count). The van der Waals surface area contributed by atoms with Crippen molar-refractivity contribution < 1.29 is 56.4 Å². The number of nitrogens with zero attached hydrogens (tertiary/aromatic N) is 3. The number of guanidine groups is 1. The van der Waals surface area contributed by atoms with Gasteiger partial charge in [-0.3, -0.25) is 48.5 Å². The number of rotatable bonds is 21. The molecule has 0 radical (unpaired) electrons. The Balaban J connectivity index is 1.36. The molecule has 70 heavy (non-hydrogen) atoms. The molecule has 25 heteroatoms. The van der Waals surface area contributed by atoms with Gasteiger partial charge in [0.15, 0.2) is 5.96 Å². The fraction of sp³-hybridized carbons (Fsp3) is 0.422. The lowest BCUT2D eigenvalue weighted by Gasteiger charge is -2.27. The molecule has 378 valence electrons. The molecule has 12 N–H and O–H groups in total. The maximum Gasteiger partial charge on any atom is 0.305 e. The molecule has 0 saturated carbocycles. The Labute approximate surface area is 404 Å². The summed E-state index contributed by atoms with van der Waals surface area (Å²) in [6, 6.07) is 9.95. The third kappa shape index (κ3) is 18.4. The van der Waals surface area contributed by atoms with E-state index in [-0.39, 0.29) is 53.8 Å². The maximum atomic E-state index is 14.0. The van der Waals surface area contributed by atoms with E-state index in [0.717, 1.165) is 6.42 Å². The second kappa shape index (κ2) is 27.4. The molecule has 0 bridgehead atoms. The van der Waals surface area contributed by atoms with E-state index in [9.17, 15) is 51.6 Å². The summed E-state index contributed by atoms with van der Waals surface area (Å²) in [6.07, 6.45) is 3.21. The second-order valence-electron chi connectivity index (χ2n) is 16.2. The van der Waals surface area contributed by atoms with Gasteiger partial charge in [0, 0.05) is 37.8 Å². The number of pyridine rings is 1. The van der Waals surface area contributed by atoms with Gasteiger partial charge >= 0.3 is 5.97 Å². The van der Waals surface area contributed by atoms with E-state index in [4.69, 9.17) is 10.5 Å². The van der Waals surface area contributed by atoms with Gasteiger partial charge in [0.1, 0.15) is 40.6 Å². The van der Waals surface area contributed by atoms with Crippen molar-refractivity contribution in [2.75, 3.05) is 38.2 Å². The average molecular weight is 993 g/mol. The van der Waals surface area contributed by atoms with Gasteiger partial charge in [-0.15, -0.1) is 0 Å². The standard InChI is InChI=1S/C45H60N12O12S/c1-4-18-48-45(46)49-19-7-10-32-41(62)51-26-37(58)53-34(23-38(59)60)42(63)55-33(43(64)56-39(27(2)3)44(65)54-32)22-28-12-15-31(16-13-28)69-21-8-20-47-40(61)30-14-17-36(50-24-30)57-52-25-29-9-5-6-11-35(29)70(66,67)68/h5-6,9,11-17,24-25,27,32-34,39H,4,7-8,10,18-23,26H2,1-3H3,(H,47,61)(H,50,57)(H,51,62)(H,53,58)(H,54,65)(H,55,63)(H,56,64)(H,59,60)(H3,46,48,49)(H,66,67,68)/b52-25+/t32-,33+,34-,39-/m0/s1. The molecule has 0 unspecified atom stereocenters. The molecule has 1 fully saturated rings. The quantitative estimate of drug-likeness (QED) is 0.0217. The summed E-state index contributed by atoms with van der Waals surface area (Å²) in [5, 5.41) is 31.9. The van der Waals surface area contributed by atoms with Crippen LogP contribution in [0.1, 0.15) is 74.4 Å². The molecule has 1 saturated heterocycles. The zero-order valence-corrected chi connectivity index (χ0v) is 39.7. The van der Waals surface area contributed by atoms with E-state index in [1.54, 1.807) is 44.2 Å². The van der Waals surface area contributed by atoms with E-state index in [2.05, 4.69) is 57.7 Å². The fourth-order valence-corrected chi connectivity index (χ4v) is 7.31. The van der Waals surface area contributed by atoms with Crippen LogP contribution >= 0.6 is 0 Å². The van der Waals surface area contributed by atoms with Crippen LogP contribution in [-0.2, 0) is 45.3 Å². The van der Waals surface area contributed by atoms with Crippen molar-refractivity contribution in [2.24, 2.45) is 21.7 Å². The van der Waals surface area contributed by atoms with Gasteiger partial charge in [0.2, 0.25) is 29.5 Å². The minimum absolute atomic E-state index is 0.100. The Morgan fingerprint density at radius 3 is 2.26 bits per heavy atom. The monoisotopic (exact) mass is 992 g/mol. The van der Waals surface area contributed by atoms with Crippen LogP contribution in [0.2, 0.25) is 0 Å². The highest BCUT2D eigenvalue weighted by atomic mass is 32.2. The van der Waals surface area contributed by atoms with Crippen LogP contribution in [0.4, 0.5) is 5.82 Å². The van der Waals surface area contributed by atoms with Crippen LogP contribution in [0, 0.1) is 5.92 Å². The van der Waals surface area contributed by atoms with E-state index < -0.39 is 94.6 Å². The van der Waals surface area contributed by atoms with E-state index in [0.29, 0.717) is 37.2 Å². The molecule has 4 atom stereocenters. The van der Waals surface area contributed by atoms with Crippen LogP contribution in [0.25, 0.3) is 0 Å². The second-order valence-corrected chi connectivity index (χ2v) is 17.6. The van der Waals surface area contributed by atoms with Gasteiger partial charge in [-0.2, -0.15) is 13.5 Å². The zero-order chi connectivity index (χ0) is 51.2. The molecule has 1 aliphatic rings. The van der Waals surface area contributed by atoms with Crippen LogP contribution in [0.5, 0.6) is 5.75 Å². The molecule has 3 aromatic rings. The van der Waals surface area contributed by atoms with Crippen LogP contribution in [-0.4, -0.2) is 134 Å². The van der Waals surface area contributed by atoms with Gasteiger partial charge in [-0.25, -0.2) is 4.98 Å². The van der Waals surface area contributed by atoms with Gasteiger partial charge in [-0.1, -0.05) is 51.1 Å². The number of aliphatic imine (C=N–C) groups is 1. The van der Waals surface area contributed by atoms with Gasteiger partial charge in [0.05, 0.1) is 31.4 Å². The topological polar surface area (TPSA) is 363 Å². The fourth-order valence-electron chi connectivity index (χ4n) is 6.64. The number of aliphatic carboxylic acids is 1. The lowest BCUT2D eigenvalue weighted by molar-refractivity contribution is -0.141. The first-order chi connectivity index (χ1) is 33.3. The number of carboxylic acids is 1. The average Bonchev–Trinajstić information content (AvgIpc) is 3.32. The third-order valence-corrected chi connectivity index (χ3v) is 11.2. The Bertz CT molecular complexity index is 2470. The molecule has 1 aliphatic heterocycles. The Morgan fingerprint density at radius 2 is 1.59 bits per heavy atom. The largest absolute Gasteiger partial charge is 0.494 e. The minimum atomic E-state index is -4.45. The highest BCUT2D eigenvalue weighted by Gasteiger charge is 2.34. The number of benzene rings is 2. The lowest BCUT2D eigenvalue weighted by atomic mass is 9.99. The van der Waals surface area contributed by atoms with Crippen molar-refractivity contribution in [2.45, 2.75) is 88.4 Å². The van der Waals surface area contributed by atoms with Crippen molar-refractivity contribution >= 4 is 69.5 Å². The molecular weight excluding hydrogens is 933 g/mol. The van der Waals surface area contributed by atoms with Crippen LogP contribution in [0.15, 0.2) is 81.8 Å². The summed E-state index contributed by atoms with van der Waals surface area (Å²) in [6.45, 7) is 5.95. The third-order valence-electron chi connectivity index (χ3n) is 10.3. The SMILES string of the molecule is CCCN=C(N)NCCC[C@@H]1NC(=O)[C@H](C(C)C)NC(=O)[C@@H](Cc2ccc(OCCCNC(=O)c3ccc(N/N=C/c4ccccc4S(=O)(=O)O)nc3)cc2)NC(=O)[C@H](CC(=O)O)NC(=O)CNC1=O. The number of hydrogen-bond donors (Lipinski definition) is 11. The van der Waals surface area contributed by atoms with Crippen molar-refractivity contribution in [3.05, 3.63) is 83.6 Å². The number of ether oxygens (including phenoxy) is 1. The number of hydrogen-bond acceptors (Lipinski definition) is 14. The normalized spacial score (nSPS) is 18.6. The Morgan fingerprint density at radius 1 is 0.886 bits per heavy atom. The molecule has 2 aromatic carbocycles. The number of anilines is 1. The number of carbonyl (C=O) groups is 7. The van der Waals surface area contributed by atoms with Crippen molar-refractivity contribution in [1.29, 1.82) is 0 Å². The van der Waals surface area contributed by atoms with Crippen molar-refractivity contribution in [3.63, 3.8) is 0 Å². The van der Waals surface area contributed by atoms with Gasteiger partial charge in [-0.05, 0) is 67.5 Å². The number of carbonyl (C=O) groups excluding carboxylic acids is 6. The predicted molar refractivity (Wildman–Crippen MR) is 256 cm³/mol. The van der Waals surface area contributed by atoms with E-state index >= 15 is 0 Å². The van der Waals surface area contributed by atoms with Crippen LogP contribution in [0.3, 0.4) is 0 Å². The summed E-state index contributed by atoms with van der Waals surface area (Å²) in [7, 11) is -4.45. The molecule has 1 aromatic heterocycles. The molecule has 0 aliphatic carbocycles.